The Bertz CT molecular complexity index is 1170. The third-order valence-electron chi connectivity index (χ3n) is 4.75. The fourth-order valence-corrected chi connectivity index (χ4v) is 4.14. The van der Waals surface area contributed by atoms with E-state index in [-0.39, 0.29) is 42.8 Å². The molecule has 162 valence electrons. The number of amides is 2. The van der Waals surface area contributed by atoms with E-state index in [4.69, 9.17) is 0 Å². The third-order valence-corrected chi connectivity index (χ3v) is 6.22. The van der Waals surface area contributed by atoms with Crippen molar-refractivity contribution in [1.82, 2.24) is 15.4 Å². The highest BCUT2D eigenvalue weighted by Crippen LogP contribution is 2.18. The van der Waals surface area contributed by atoms with Gasteiger partial charge in [0.05, 0.1) is 17.9 Å². The van der Waals surface area contributed by atoms with E-state index in [9.17, 15) is 18.0 Å². The monoisotopic (exact) mass is 439 g/mol. The number of carbonyl (C=O) groups is 2. The molecule has 3 aromatic rings. The van der Waals surface area contributed by atoms with Crippen LogP contribution >= 0.6 is 0 Å². The lowest BCUT2D eigenvalue weighted by molar-refractivity contribution is -0.125. The predicted molar refractivity (Wildman–Crippen MR) is 120 cm³/mol. The van der Waals surface area contributed by atoms with Crippen molar-refractivity contribution in [3.63, 3.8) is 0 Å². The first-order chi connectivity index (χ1) is 14.8. The maximum Gasteiger partial charge on any atom is 0.240 e. The van der Waals surface area contributed by atoms with E-state index in [0.29, 0.717) is 0 Å². The minimum absolute atomic E-state index is 0.0475. The van der Waals surface area contributed by atoms with E-state index in [1.807, 2.05) is 49.4 Å². The van der Waals surface area contributed by atoms with Crippen molar-refractivity contribution >= 4 is 32.6 Å². The molecule has 3 rings (SSSR count). The Balaban J connectivity index is 1.40. The standard InChI is InChI=1S/C23H25N3O4S/c1-17-9-11-20(12-10-17)31(29,30)26-14-13-24-23(28)16-25-22(27)15-19-7-4-6-18-5-2-3-8-21(18)19/h2-12,26H,13-16H2,1H3,(H,24,28)(H,25,27). The second-order valence-corrected chi connectivity index (χ2v) is 8.92. The lowest BCUT2D eigenvalue weighted by atomic mass is 10.0. The largest absolute Gasteiger partial charge is 0.353 e. The Morgan fingerprint density at radius 2 is 1.52 bits per heavy atom. The molecule has 0 aliphatic heterocycles. The summed E-state index contributed by atoms with van der Waals surface area (Å²) in [5.41, 5.74) is 1.86. The van der Waals surface area contributed by atoms with Crippen LogP contribution in [-0.4, -0.2) is 39.9 Å². The number of aryl methyl sites for hydroxylation is 1. The van der Waals surface area contributed by atoms with Crippen LogP contribution in [0, 0.1) is 6.92 Å². The van der Waals surface area contributed by atoms with Crippen LogP contribution in [0.25, 0.3) is 10.8 Å². The molecule has 0 aliphatic rings. The molecule has 0 spiro atoms. The number of carbonyl (C=O) groups excluding carboxylic acids is 2. The quantitative estimate of drug-likeness (QED) is 0.443. The summed E-state index contributed by atoms with van der Waals surface area (Å²) in [7, 11) is -3.62. The number of hydrogen-bond donors (Lipinski definition) is 3. The fourth-order valence-electron chi connectivity index (χ4n) is 3.11. The molecule has 0 bridgehead atoms. The van der Waals surface area contributed by atoms with Gasteiger partial charge in [-0.3, -0.25) is 9.59 Å². The molecule has 7 nitrogen and oxygen atoms in total. The Morgan fingerprint density at radius 1 is 0.806 bits per heavy atom. The van der Waals surface area contributed by atoms with Crippen LogP contribution in [0.1, 0.15) is 11.1 Å². The van der Waals surface area contributed by atoms with Crippen molar-refractivity contribution in [2.24, 2.45) is 0 Å². The van der Waals surface area contributed by atoms with E-state index in [2.05, 4.69) is 15.4 Å². The van der Waals surface area contributed by atoms with Crippen LogP contribution in [0.3, 0.4) is 0 Å². The fraction of sp³-hybridized carbons (Fsp3) is 0.217. The van der Waals surface area contributed by atoms with Gasteiger partial charge in [0.15, 0.2) is 0 Å². The summed E-state index contributed by atoms with van der Waals surface area (Å²) in [5, 5.41) is 7.24. The number of fused-ring (bicyclic) bond motifs is 1. The minimum atomic E-state index is -3.62. The SMILES string of the molecule is Cc1ccc(S(=O)(=O)NCCNC(=O)CNC(=O)Cc2cccc3ccccc23)cc1. The highest BCUT2D eigenvalue weighted by molar-refractivity contribution is 7.89. The molecule has 0 saturated heterocycles. The molecule has 0 fully saturated rings. The highest BCUT2D eigenvalue weighted by atomic mass is 32.2. The average molecular weight is 440 g/mol. The normalized spacial score (nSPS) is 11.3. The molecule has 0 radical (unpaired) electrons. The minimum Gasteiger partial charge on any atom is -0.353 e. The summed E-state index contributed by atoms with van der Waals surface area (Å²) in [5.74, 6) is -0.646. The second-order valence-electron chi connectivity index (χ2n) is 7.15. The van der Waals surface area contributed by atoms with Gasteiger partial charge in [0, 0.05) is 13.1 Å². The van der Waals surface area contributed by atoms with Gasteiger partial charge in [-0.1, -0.05) is 60.2 Å². The lowest BCUT2D eigenvalue weighted by Gasteiger charge is -2.10. The van der Waals surface area contributed by atoms with Crippen molar-refractivity contribution in [2.45, 2.75) is 18.2 Å². The van der Waals surface area contributed by atoms with Gasteiger partial charge in [-0.2, -0.15) is 0 Å². The number of benzene rings is 3. The molecule has 0 aliphatic carbocycles. The summed E-state index contributed by atoms with van der Waals surface area (Å²) in [6.07, 6.45) is 0.172. The van der Waals surface area contributed by atoms with Gasteiger partial charge in [0.25, 0.3) is 0 Å². The zero-order chi connectivity index (χ0) is 22.3. The molecule has 3 N–H and O–H groups in total. The molecule has 0 unspecified atom stereocenters. The van der Waals surface area contributed by atoms with Gasteiger partial charge in [-0.25, -0.2) is 13.1 Å². The Labute approximate surface area is 181 Å². The zero-order valence-corrected chi connectivity index (χ0v) is 18.0. The van der Waals surface area contributed by atoms with Crippen molar-refractivity contribution in [2.75, 3.05) is 19.6 Å². The van der Waals surface area contributed by atoms with Gasteiger partial charge in [-0.15, -0.1) is 0 Å². The van der Waals surface area contributed by atoms with Crippen molar-refractivity contribution < 1.29 is 18.0 Å². The Kier molecular flexibility index (Phi) is 7.38. The number of sulfonamides is 1. The van der Waals surface area contributed by atoms with Crippen LogP contribution in [0.2, 0.25) is 0 Å². The van der Waals surface area contributed by atoms with E-state index in [0.717, 1.165) is 21.9 Å². The van der Waals surface area contributed by atoms with Crippen LogP contribution < -0.4 is 15.4 Å². The lowest BCUT2D eigenvalue weighted by Crippen LogP contribution is -2.40. The topological polar surface area (TPSA) is 104 Å². The second kappa shape index (κ2) is 10.2. The van der Waals surface area contributed by atoms with Gasteiger partial charge in [-0.05, 0) is 35.4 Å². The smallest absolute Gasteiger partial charge is 0.240 e. The third kappa shape index (κ3) is 6.37. The predicted octanol–water partition coefficient (Wildman–Crippen LogP) is 1.90. The summed E-state index contributed by atoms with van der Waals surface area (Å²) < 4.78 is 26.8. The summed E-state index contributed by atoms with van der Waals surface area (Å²) in [6, 6.07) is 20.1. The molecular formula is C23H25N3O4S. The Morgan fingerprint density at radius 3 is 2.29 bits per heavy atom. The molecule has 3 aromatic carbocycles. The maximum atomic E-state index is 12.2. The first-order valence-corrected chi connectivity index (χ1v) is 11.4. The van der Waals surface area contributed by atoms with E-state index < -0.39 is 10.0 Å². The molecule has 2 amide bonds. The molecular weight excluding hydrogens is 414 g/mol. The number of hydrogen-bond acceptors (Lipinski definition) is 4. The van der Waals surface area contributed by atoms with Gasteiger partial charge in [0.2, 0.25) is 21.8 Å². The molecule has 0 atom stereocenters. The average Bonchev–Trinajstić information content (AvgIpc) is 2.76. The summed E-state index contributed by atoms with van der Waals surface area (Å²) >= 11 is 0. The van der Waals surface area contributed by atoms with Crippen molar-refractivity contribution in [3.8, 4) is 0 Å². The Hall–Kier alpha value is -3.23. The molecule has 0 aromatic heterocycles. The van der Waals surface area contributed by atoms with Crippen molar-refractivity contribution in [3.05, 3.63) is 77.9 Å². The van der Waals surface area contributed by atoms with Gasteiger partial charge < -0.3 is 10.6 Å². The van der Waals surface area contributed by atoms with Crippen molar-refractivity contribution in [1.29, 1.82) is 0 Å². The van der Waals surface area contributed by atoms with E-state index in [1.165, 1.54) is 12.1 Å². The number of rotatable bonds is 9. The van der Waals surface area contributed by atoms with Crippen LogP contribution in [-0.2, 0) is 26.0 Å². The van der Waals surface area contributed by atoms with Crippen LogP contribution in [0.5, 0.6) is 0 Å². The molecule has 8 heteroatoms. The van der Waals surface area contributed by atoms with Crippen LogP contribution in [0.4, 0.5) is 0 Å². The highest BCUT2D eigenvalue weighted by Gasteiger charge is 2.13. The summed E-state index contributed by atoms with van der Waals surface area (Å²) in [4.78, 5) is 24.3. The molecule has 0 heterocycles. The van der Waals surface area contributed by atoms with Crippen LogP contribution in [0.15, 0.2) is 71.6 Å². The summed E-state index contributed by atoms with van der Waals surface area (Å²) in [6.45, 7) is 1.86. The molecule has 0 saturated carbocycles. The van der Waals surface area contributed by atoms with E-state index in [1.54, 1.807) is 12.1 Å². The molecule has 31 heavy (non-hydrogen) atoms. The van der Waals surface area contributed by atoms with E-state index >= 15 is 0 Å². The maximum absolute atomic E-state index is 12.2. The first kappa shape index (κ1) is 22.5. The first-order valence-electron chi connectivity index (χ1n) is 9.91. The zero-order valence-electron chi connectivity index (χ0n) is 17.2. The van der Waals surface area contributed by atoms with Gasteiger partial charge >= 0.3 is 0 Å². The van der Waals surface area contributed by atoms with Gasteiger partial charge in [0.1, 0.15) is 0 Å². The number of nitrogens with one attached hydrogen (secondary N) is 3.